The lowest BCUT2D eigenvalue weighted by Gasteiger charge is -2.12. The maximum atomic E-state index is 12.4. The minimum atomic E-state index is -0.608. The number of hydrogen-bond donors (Lipinski definition) is 1. The van der Waals surface area contributed by atoms with E-state index in [4.69, 9.17) is 13.9 Å². The van der Waals surface area contributed by atoms with Gasteiger partial charge in [0.1, 0.15) is 12.2 Å². The fourth-order valence-electron chi connectivity index (χ4n) is 3.27. The number of ether oxygens (including phenoxy) is 2. The Morgan fingerprint density at radius 1 is 1.17 bits per heavy atom. The number of benzene rings is 3. The number of non-ortho nitro benzene ring substituents is 1. The number of hydrazone groups is 1. The van der Waals surface area contributed by atoms with E-state index >= 15 is 0 Å². The Kier molecular flexibility index (Phi) is 6.69. The van der Waals surface area contributed by atoms with E-state index in [-0.39, 0.29) is 18.1 Å². The number of hydrogen-bond acceptors (Lipinski definition) is 8. The molecule has 0 aliphatic heterocycles. The molecule has 1 heterocycles. The average Bonchev–Trinajstić information content (AvgIpc) is 3.31. The summed E-state index contributed by atoms with van der Waals surface area (Å²) in [6.45, 7) is 0.199. The number of fused-ring (bicyclic) bond motifs is 1. The van der Waals surface area contributed by atoms with Crippen LogP contribution in [0.4, 0.5) is 5.69 Å². The fourth-order valence-corrected chi connectivity index (χ4v) is 3.27. The molecular weight excluding hydrogens is 452 g/mol. The topological polar surface area (TPSA) is 140 Å². The Balaban J connectivity index is 1.41. The van der Waals surface area contributed by atoms with E-state index in [9.17, 15) is 20.2 Å². The normalized spacial score (nSPS) is 10.7. The summed E-state index contributed by atoms with van der Waals surface area (Å²) in [5, 5.41) is 24.5. The van der Waals surface area contributed by atoms with E-state index in [2.05, 4.69) is 16.6 Å². The van der Waals surface area contributed by atoms with Crippen LogP contribution in [0.15, 0.2) is 76.2 Å². The van der Waals surface area contributed by atoms with Crippen molar-refractivity contribution in [2.24, 2.45) is 5.10 Å². The highest BCUT2D eigenvalue weighted by molar-refractivity contribution is 5.97. The van der Waals surface area contributed by atoms with Gasteiger partial charge in [-0.2, -0.15) is 10.4 Å². The number of nitro benzene ring substituents is 1. The molecule has 35 heavy (non-hydrogen) atoms. The molecule has 0 spiro atoms. The van der Waals surface area contributed by atoms with Gasteiger partial charge in [0, 0.05) is 23.1 Å². The number of nitrogens with one attached hydrogen (secondary N) is 1. The highest BCUT2D eigenvalue weighted by Crippen LogP contribution is 2.29. The summed E-state index contributed by atoms with van der Waals surface area (Å²) in [7, 11) is 1.50. The molecule has 10 nitrogen and oxygen atoms in total. The highest BCUT2D eigenvalue weighted by atomic mass is 16.6. The van der Waals surface area contributed by atoms with Crippen LogP contribution in [0.3, 0.4) is 0 Å². The molecule has 0 radical (unpaired) electrons. The van der Waals surface area contributed by atoms with E-state index in [0.717, 1.165) is 5.56 Å². The smallest absolute Gasteiger partial charge is 0.307 e. The number of methoxy groups -OCH3 is 1. The standard InChI is InChI=1S/C25H18N4O6/c1-33-23-10-16(6-8-22(23)34-15-18-5-3-2-4-17(18)13-26)14-27-28-25(30)24-12-19-11-20(29(31)32)7-9-21(19)35-24/h2-12,14H,15H2,1H3,(H,28,30). The van der Waals surface area contributed by atoms with Crippen molar-refractivity contribution in [2.75, 3.05) is 7.11 Å². The molecule has 3 aromatic carbocycles. The largest absolute Gasteiger partial charge is 0.493 e. The zero-order valence-electron chi connectivity index (χ0n) is 18.4. The average molecular weight is 470 g/mol. The molecule has 10 heteroatoms. The molecule has 0 bridgehead atoms. The van der Waals surface area contributed by atoms with Crippen LogP contribution < -0.4 is 14.9 Å². The molecule has 4 aromatic rings. The first-order valence-corrected chi connectivity index (χ1v) is 10.3. The number of nitro groups is 1. The van der Waals surface area contributed by atoms with Crippen LogP contribution in [0.5, 0.6) is 11.5 Å². The molecule has 0 aliphatic carbocycles. The minimum Gasteiger partial charge on any atom is -0.493 e. The van der Waals surface area contributed by atoms with Gasteiger partial charge in [0.25, 0.3) is 5.69 Å². The number of carbonyl (C=O) groups is 1. The van der Waals surface area contributed by atoms with Crippen LogP contribution in [0.25, 0.3) is 11.0 Å². The van der Waals surface area contributed by atoms with Crippen LogP contribution >= 0.6 is 0 Å². The molecule has 0 fully saturated rings. The molecule has 0 unspecified atom stereocenters. The summed E-state index contributed by atoms with van der Waals surface area (Å²) >= 11 is 0. The van der Waals surface area contributed by atoms with Crippen LogP contribution in [-0.2, 0) is 6.61 Å². The van der Waals surface area contributed by atoms with Gasteiger partial charge >= 0.3 is 5.91 Å². The fraction of sp³-hybridized carbons (Fsp3) is 0.0800. The van der Waals surface area contributed by atoms with E-state index in [1.54, 1.807) is 30.3 Å². The van der Waals surface area contributed by atoms with Crippen molar-refractivity contribution in [3.05, 3.63) is 99.3 Å². The summed E-state index contributed by atoms with van der Waals surface area (Å²) in [6, 6.07) is 19.9. The van der Waals surface area contributed by atoms with E-state index in [1.807, 2.05) is 12.1 Å². The Bertz CT molecular complexity index is 1490. The molecular formula is C25H18N4O6. The van der Waals surface area contributed by atoms with Crippen molar-refractivity contribution >= 4 is 28.8 Å². The van der Waals surface area contributed by atoms with Crippen molar-refractivity contribution in [3.8, 4) is 17.6 Å². The third-order valence-electron chi connectivity index (χ3n) is 5.02. The van der Waals surface area contributed by atoms with Crippen molar-refractivity contribution in [1.82, 2.24) is 5.43 Å². The second kappa shape index (κ2) is 10.2. The number of nitrogens with zero attached hydrogens (tertiary/aromatic N) is 3. The van der Waals surface area contributed by atoms with Crippen molar-refractivity contribution < 1.29 is 23.6 Å². The van der Waals surface area contributed by atoms with Gasteiger partial charge in [-0.05, 0) is 42.0 Å². The quantitative estimate of drug-likeness (QED) is 0.226. The summed E-state index contributed by atoms with van der Waals surface area (Å²) in [4.78, 5) is 22.7. The van der Waals surface area contributed by atoms with Gasteiger partial charge < -0.3 is 13.9 Å². The SMILES string of the molecule is COc1cc(C=NNC(=O)c2cc3cc([N+](=O)[O-])ccc3o2)ccc1OCc1ccccc1C#N. The Hall–Kier alpha value is -5.17. The minimum absolute atomic E-state index is 0.0309. The van der Waals surface area contributed by atoms with Crippen LogP contribution in [0, 0.1) is 21.4 Å². The molecule has 1 N–H and O–H groups in total. The van der Waals surface area contributed by atoms with Gasteiger partial charge in [-0.25, -0.2) is 5.43 Å². The van der Waals surface area contributed by atoms with Crippen molar-refractivity contribution in [2.45, 2.75) is 6.61 Å². The third-order valence-corrected chi connectivity index (χ3v) is 5.02. The number of furan rings is 1. The molecule has 0 saturated carbocycles. The highest BCUT2D eigenvalue weighted by Gasteiger charge is 2.15. The number of amides is 1. The number of rotatable bonds is 8. The molecule has 4 rings (SSSR count). The molecule has 1 amide bonds. The molecule has 0 atom stereocenters. The maximum absolute atomic E-state index is 12.4. The summed E-state index contributed by atoms with van der Waals surface area (Å²) in [6.07, 6.45) is 1.42. The van der Waals surface area contributed by atoms with Crippen LogP contribution in [-0.4, -0.2) is 24.2 Å². The Morgan fingerprint density at radius 2 is 2.00 bits per heavy atom. The van der Waals surface area contributed by atoms with Gasteiger partial charge in [0.05, 0.1) is 29.9 Å². The Labute approximate surface area is 199 Å². The van der Waals surface area contributed by atoms with Crippen LogP contribution in [0.2, 0.25) is 0 Å². The first kappa shape index (κ1) is 23.0. The van der Waals surface area contributed by atoms with Crippen molar-refractivity contribution in [3.63, 3.8) is 0 Å². The lowest BCUT2D eigenvalue weighted by atomic mass is 10.1. The number of carbonyl (C=O) groups excluding carboxylic acids is 1. The van der Waals surface area contributed by atoms with Gasteiger partial charge in [-0.1, -0.05) is 18.2 Å². The van der Waals surface area contributed by atoms with Gasteiger partial charge in [-0.15, -0.1) is 0 Å². The van der Waals surface area contributed by atoms with Gasteiger partial charge in [0.2, 0.25) is 0 Å². The lowest BCUT2D eigenvalue weighted by molar-refractivity contribution is -0.384. The summed E-state index contributed by atoms with van der Waals surface area (Å²) in [5.41, 5.74) is 4.53. The lowest BCUT2D eigenvalue weighted by Crippen LogP contribution is -2.16. The van der Waals surface area contributed by atoms with E-state index in [1.165, 1.54) is 37.6 Å². The zero-order chi connectivity index (χ0) is 24.8. The predicted molar refractivity (Wildman–Crippen MR) is 126 cm³/mol. The summed E-state index contributed by atoms with van der Waals surface area (Å²) in [5.74, 6) is 0.297. The van der Waals surface area contributed by atoms with Gasteiger partial charge in [-0.3, -0.25) is 14.9 Å². The Morgan fingerprint density at radius 3 is 2.77 bits per heavy atom. The van der Waals surface area contributed by atoms with E-state index in [0.29, 0.717) is 33.6 Å². The van der Waals surface area contributed by atoms with Gasteiger partial charge in [0.15, 0.2) is 17.3 Å². The van der Waals surface area contributed by atoms with Crippen LogP contribution in [0.1, 0.15) is 27.2 Å². The molecule has 174 valence electrons. The first-order valence-electron chi connectivity index (χ1n) is 10.3. The molecule has 0 saturated heterocycles. The monoisotopic (exact) mass is 470 g/mol. The summed E-state index contributed by atoms with van der Waals surface area (Å²) < 4.78 is 16.6. The third kappa shape index (κ3) is 5.26. The number of nitriles is 1. The van der Waals surface area contributed by atoms with Crippen molar-refractivity contribution in [1.29, 1.82) is 5.26 Å². The second-order valence-electron chi connectivity index (χ2n) is 7.26. The maximum Gasteiger partial charge on any atom is 0.307 e. The zero-order valence-corrected chi connectivity index (χ0v) is 18.4. The van der Waals surface area contributed by atoms with E-state index < -0.39 is 10.8 Å². The first-order chi connectivity index (χ1) is 17.0. The molecule has 0 aliphatic rings. The predicted octanol–water partition coefficient (Wildman–Crippen LogP) is 4.56. The molecule has 1 aromatic heterocycles. The second-order valence-corrected chi connectivity index (χ2v) is 7.26.